The molecule has 6 heteroatoms. The topological polar surface area (TPSA) is 66.0 Å². The molecule has 0 saturated carbocycles. The number of nitrogens with two attached hydrogens (primary N) is 1. The van der Waals surface area contributed by atoms with Crippen LogP contribution in [0.4, 0.5) is 0 Å². The van der Waals surface area contributed by atoms with Crippen LogP contribution in [0.1, 0.15) is 17.7 Å². The van der Waals surface area contributed by atoms with Gasteiger partial charge in [-0.2, -0.15) is 0 Å². The van der Waals surface area contributed by atoms with Crippen molar-refractivity contribution in [1.82, 2.24) is 14.9 Å². The van der Waals surface area contributed by atoms with E-state index in [9.17, 15) is 0 Å². The van der Waals surface area contributed by atoms with E-state index in [-0.39, 0.29) is 5.25 Å². The standard InChI is InChI=1S/C17H18N4OS/c1-12(13-6-4-3-5-7-13)23-17-20-19-16(21(17)18)14-8-10-15(22-2)11-9-14/h3-12H,18H2,1-2H3/t12-/m0/s1. The Morgan fingerprint density at radius 3 is 2.39 bits per heavy atom. The van der Waals surface area contributed by atoms with Crippen LogP contribution in [0.25, 0.3) is 11.4 Å². The predicted octanol–water partition coefficient (Wildman–Crippen LogP) is 3.52. The van der Waals surface area contributed by atoms with E-state index >= 15 is 0 Å². The molecule has 118 valence electrons. The van der Waals surface area contributed by atoms with Gasteiger partial charge in [0.15, 0.2) is 5.82 Å². The molecule has 0 fully saturated rings. The first-order valence-electron chi connectivity index (χ1n) is 7.25. The number of rotatable bonds is 5. The highest BCUT2D eigenvalue weighted by Gasteiger charge is 2.16. The normalized spacial score (nSPS) is 12.1. The van der Waals surface area contributed by atoms with Gasteiger partial charge >= 0.3 is 0 Å². The first-order chi connectivity index (χ1) is 11.2. The van der Waals surface area contributed by atoms with Gasteiger partial charge in [-0.3, -0.25) is 0 Å². The number of aromatic nitrogens is 3. The van der Waals surface area contributed by atoms with Crippen LogP contribution in [-0.2, 0) is 0 Å². The predicted molar refractivity (Wildman–Crippen MR) is 92.9 cm³/mol. The monoisotopic (exact) mass is 326 g/mol. The number of ether oxygens (including phenoxy) is 1. The van der Waals surface area contributed by atoms with Crippen molar-refractivity contribution in [3.8, 4) is 17.1 Å². The molecule has 3 aromatic rings. The van der Waals surface area contributed by atoms with E-state index in [0.717, 1.165) is 11.3 Å². The van der Waals surface area contributed by atoms with E-state index in [0.29, 0.717) is 11.0 Å². The third kappa shape index (κ3) is 3.32. The van der Waals surface area contributed by atoms with Crippen LogP contribution in [0.2, 0.25) is 0 Å². The van der Waals surface area contributed by atoms with E-state index in [1.54, 1.807) is 18.9 Å². The Morgan fingerprint density at radius 1 is 1.04 bits per heavy atom. The Labute approximate surface area is 139 Å². The lowest BCUT2D eigenvalue weighted by Crippen LogP contribution is -2.12. The zero-order valence-electron chi connectivity index (χ0n) is 13.0. The van der Waals surface area contributed by atoms with Gasteiger partial charge in [0, 0.05) is 10.8 Å². The van der Waals surface area contributed by atoms with Crippen LogP contribution in [0.15, 0.2) is 59.8 Å². The maximum absolute atomic E-state index is 6.17. The molecular formula is C17H18N4OS. The summed E-state index contributed by atoms with van der Waals surface area (Å²) in [6.45, 7) is 2.13. The lowest BCUT2D eigenvalue weighted by Gasteiger charge is -2.10. The molecule has 0 aliphatic heterocycles. The van der Waals surface area contributed by atoms with Gasteiger partial charge in [-0.1, -0.05) is 42.1 Å². The fourth-order valence-electron chi connectivity index (χ4n) is 2.24. The largest absolute Gasteiger partial charge is 0.497 e. The summed E-state index contributed by atoms with van der Waals surface area (Å²) < 4.78 is 6.70. The van der Waals surface area contributed by atoms with Crippen LogP contribution < -0.4 is 10.6 Å². The van der Waals surface area contributed by atoms with Gasteiger partial charge < -0.3 is 10.6 Å². The van der Waals surface area contributed by atoms with Gasteiger partial charge in [-0.05, 0) is 36.8 Å². The molecule has 1 atom stereocenters. The highest BCUT2D eigenvalue weighted by Crippen LogP contribution is 2.34. The van der Waals surface area contributed by atoms with Crippen molar-refractivity contribution in [2.75, 3.05) is 13.0 Å². The van der Waals surface area contributed by atoms with Crippen LogP contribution in [-0.4, -0.2) is 22.0 Å². The van der Waals surface area contributed by atoms with Crippen molar-refractivity contribution in [3.05, 3.63) is 60.2 Å². The minimum absolute atomic E-state index is 0.242. The van der Waals surface area contributed by atoms with E-state index in [1.807, 2.05) is 42.5 Å². The molecule has 0 saturated heterocycles. The van der Waals surface area contributed by atoms with Crippen molar-refractivity contribution in [1.29, 1.82) is 0 Å². The molecule has 2 N–H and O–H groups in total. The van der Waals surface area contributed by atoms with Crippen molar-refractivity contribution in [3.63, 3.8) is 0 Å². The Hall–Kier alpha value is -2.47. The minimum Gasteiger partial charge on any atom is -0.497 e. The summed E-state index contributed by atoms with van der Waals surface area (Å²) in [6, 6.07) is 17.9. The summed E-state index contributed by atoms with van der Waals surface area (Å²) in [6.07, 6.45) is 0. The van der Waals surface area contributed by atoms with Crippen molar-refractivity contribution >= 4 is 11.8 Å². The van der Waals surface area contributed by atoms with Crippen molar-refractivity contribution in [2.45, 2.75) is 17.3 Å². The van der Waals surface area contributed by atoms with Gasteiger partial charge in [0.2, 0.25) is 5.16 Å². The maximum Gasteiger partial charge on any atom is 0.210 e. The average Bonchev–Trinajstić information content (AvgIpc) is 2.96. The SMILES string of the molecule is COc1ccc(-c2nnc(S[C@@H](C)c3ccccc3)n2N)cc1. The lowest BCUT2D eigenvalue weighted by molar-refractivity contribution is 0.415. The summed E-state index contributed by atoms with van der Waals surface area (Å²) in [5.74, 6) is 7.60. The van der Waals surface area contributed by atoms with Crippen LogP contribution >= 0.6 is 11.8 Å². The number of methoxy groups -OCH3 is 1. The van der Waals surface area contributed by atoms with Crippen LogP contribution in [0.5, 0.6) is 5.75 Å². The second kappa shape index (κ2) is 6.75. The molecule has 23 heavy (non-hydrogen) atoms. The molecule has 3 rings (SSSR count). The van der Waals surface area contributed by atoms with E-state index in [4.69, 9.17) is 10.6 Å². The Balaban J connectivity index is 1.81. The van der Waals surface area contributed by atoms with Gasteiger partial charge in [-0.15, -0.1) is 10.2 Å². The Bertz CT molecular complexity index is 771. The molecule has 0 amide bonds. The molecule has 5 nitrogen and oxygen atoms in total. The maximum atomic E-state index is 6.17. The molecule has 1 aromatic heterocycles. The average molecular weight is 326 g/mol. The van der Waals surface area contributed by atoms with E-state index in [2.05, 4.69) is 29.3 Å². The number of hydrogen-bond donors (Lipinski definition) is 1. The fourth-order valence-corrected chi connectivity index (χ4v) is 3.14. The number of nitrogen functional groups attached to an aromatic ring is 1. The summed E-state index contributed by atoms with van der Waals surface area (Å²) in [4.78, 5) is 0. The molecular weight excluding hydrogens is 308 g/mol. The second-order valence-electron chi connectivity index (χ2n) is 5.08. The molecule has 0 spiro atoms. The quantitative estimate of drug-likeness (QED) is 0.574. The molecule has 0 unspecified atom stereocenters. The first kappa shape index (κ1) is 15.4. The third-order valence-electron chi connectivity index (χ3n) is 3.56. The van der Waals surface area contributed by atoms with Crippen molar-refractivity contribution in [2.24, 2.45) is 0 Å². The van der Waals surface area contributed by atoms with Gasteiger partial charge in [-0.25, -0.2) is 4.68 Å². The van der Waals surface area contributed by atoms with Gasteiger partial charge in [0.25, 0.3) is 0 Å². The molecule has 0 aliphatic carbocycles. The zero-order valence-corrected chi connectivity index (χ0v) is 13.8. The van der Waals surface area contributed by atoms with Gasteiger partial charge in [0.1, 0.15) is 5.75 Å². The number of hydrogen-bond acceptors (Lipinski definition) is 5. The summed E-state index contributed by atoms with van der Waals surface area (Å²) >= 11 is 1.59. The summed E-state index contributed by atoms with van der Waals surface area (Å²) in [5.41, 5.74) is 2.13. The zero-order chi connectivity index (χ0) is 16.2. The molecule has 0 aliphatic rings. The molecule has 0 bridgehead atoms. The Kier molecular flexibility index (Phi) is 4.52. The lowest BCUT2D eigenvalue weighted by atomic mass is 10.2. The minimum atomic E-state index is 0.242. The van der Waals surface area contributed by atoms with Crippen LogP contribution in [0.3, 0.4) is 0 Å². The van der Waals surface area contributed by atoms with Gasteiger partial charge in [0.05, 0.1) is 7.11 Å². The highest BCUT2D eigenvalue weighted by molar-refractivity contribution is 7.99. The number of benzene rings is 2. The smallest absolute Gasteiger partial charge is 0.210 e. The summed E-state index contributed by atoms with van der Waals surface area (Å²) in [5, 5.41) is 9.36. The highest BCUT2D eigenvalue weighted by atomic mass is 32.2. The first-order valence-corrected chi connectivity index (χ1v) is 8.13. The molecule has 0 radical (unpaired) electrons. The molecule has 1 heterocycles. The second-order valence-corrected chi connectivity index (χ2v) is 6.38. The number of thioether (sulfide) groups is 1. The van der Waals surface area contributed by atoms with E-state index in [1.165, 1.54) is 10.2 Å². The van der Waals surface area contributed by atoms with Crippen LogP contribution in [0, 0.1) is 0 Å². The van der Waals surface area contributed by atoms with Crippen molar-refractivity contribution < 1.29 is 4.74 Å². The summed E-state index contributed by atoms with van der Waals surface area (Å²) in [7, 11) is 1.64. The third-order valence-corrected chi connectivity index (χ3v) is 4.68. The number of nitrogens with zero attached hydrogens (tertiary/aromatic N) is 3. The Morgan fingerprint density at radius 2 is 1.74 bits per heavy atom. The molecule has 2 aromatic carbocycles. The van der Waals surface area contributed by atoms with E-state index < -0.39 is 0 Å². The fraction of sp³-hybridized carbons (Fsp3) is 0.176.